The number of aromatic nitrogens is 1. The van der Waals surface area contributed by atoms with Crippen molar-refractivity contribution in [3.63, 3.8) is 0 Å². The summed E-state index contributed by atoms with van der Waals surface area (Å²) in [4.78, 5) is 12.0. The van der Waals surface area contributed by atoms with E-state index < -0.39 is 10.0 Å². The number of carbonyl (C=O) groups excluding carboxylic acids is 1. The van der Waals surface area contributed by atoms with Crippen LogP contribution in [0.15, 0.2) is 64.0 Å². The Balaban J connectivity index is 1.57. The van der Waals surface area contributed by atoms with Crippen LogP contribution in [0.4, 0.5) is 11.5 Å². The Morgan fingerprint density at radius 2 is 1.75 bits per heavy atom. The molecular weight excluding hydrogens is 382 g/mol. The van der Waals surface area contributed by atoms with Crippen LogP contribution in [0.1, 0.15) is 11.3 Å². The molecule has 0 unspecified atom stereocenters. The summed E-state index contributed by atoms with van der Waals surface area (Å²) in [5.74, 6) is 0.829. The molecule has 0 aliphatic carbocycles. The van der Waals surface area contributed by atoms with Crippen molar-refractivity contribution < 1.29 is 22.5 Å². The highest BCUT2D eigenvalue weighted by atomic mass is 32.2. The van der Waals surface area contributed by atoms with Gasteiger partial charge in [-0.25, -0.2) is 8.42 Å². The lowest BCUT2D eigenvalue weighted by atomic mass is 10.2. The third kappa shape index (κ3) is 5.10. The number of hydrogen-bond donors (Lipinski definition) is 2. The number of rotatable bonds is 7. The second kappa shape index (κ2) is 8.13. The van der Waals surface area contributed by atoms with Gasteiger partial charge in [0, 0.05) is 11.8 Å². The zero-order valence-electron chi connectivity index (χ0n) is 15.3. The van der Waals surface area contributed by atoms with E-state index in [-0.39, 0.29) is 23.2 Å². The molecule has 9 heteroatoms. The van der Waals surface area contributed by atoms with Gasteiger partial charge in [-0.3, -0.25) is 9.52 Å². The standard InChI is InChI=1S/C19H19N3O5S/c1-13-3-7-16(8-4-13)26-12-19(23)20-15-5-9-17(10-6-15)28(24,25)22-18-11-14(2)27-21-18/h3-11H,12H2,1-2H3,(H,20,23)(H,21,22). The van der Waals surface area contributed by atoms with Crippen molar-refractivity contribution in [1.82, 2.24) is 5.16 Å². The Morgan fingerprint density at radius 1 is 1.07 bits per heavy atom. The van der Waals surface area contributed by atoms with Crippen molar-refractivity contribution in [2.75, 3.05) is 16.6 Å². The lowest BCUT2D eigenvalue weighted by Crippen LogP contribution is -2.20. The number of amides is 1. The van der Waals surface area contributed by atoms with Crippen LogP contribution in [-0.2, 0) is 14.8 Å². The largest absolute Gasteiger partial charge is 0.484 e. The fourth-order valence-corrected chi connectivity index (χ4v) is 3.29. The molecule has 0 atom stereocenters. The van der Waals surface area contributed by atoms with Crippen LogP contribution in [0.3, 0.4) is 0 Å². The van der Waals surface area contributed by atoms with Gasteiger partial charge >= 0.3 is 0 Å². The molecule has 0 spiro atoms. The van der Waals surface area contributed by atoms with E-state index in [1.807, 2.05) is 19.1 Å². The minimum absolute atomic E-state index is 0.0297. The SMILES string of the molecule is Cc1ccc(OCC(=O)Nc2ccc(S(=O)(=O)Nc3cc(C)on3)cc2)cc1. The first kappa shape index (κ1) is 19.4. The van der Waals surface area contributed by atoms with Crippen molar-refractivity contribution in [2.45, 2.75) is 18.7 Å². The molecule has 1 aromatic heterocycles. The molecule has 0 bridgehead atoms. The van der Waals surface area contributed by atoms with Gasteiger partial charge in [0.2, 0.25) is 0 Å². The van der Waals surface area contributed by atoms with Gasteiger partial charge in [-0.15, -0.1) is 0 Å². The zero-order chi connectivity index (χ0) is 20.1. The quantitative estimate of drug-likeness (QED) is 0.629. The number of aryl methyl sites for hydroxylation is 2. The van der Waals surface area contributed by atoms with Crippen LogP contribution in [0, 0.1) is 13.8 Å². The minimum atomic E-state index is -3.80. The van der Waals surface area contributed by atoms with Crippen molar-refractivity contribution in [3.8, 4) is 5.75 Å². The smallest absolute Gasteiger partial charge is 0.263 e. The first-order chi connectivity index (χ1) is 13.3. The molecule has 2 N–H and O–H groups in total. The normalized spacial score (nSPS) is 11.1. The molecule has 28 heavy (non-hydrogen) atoms. The van der Waals surface area contributed by atoms with Crippen LogP contribution in [0.25, 0.3) is 0 Å². The lowest BCUT2D eigenvalue weighted by Gasteiger charge is -2.09. The maximum absolute atomic E-state index is 12.3. The summed E-state index contributed by atoms with van der Waals surface area (Å²) in [5.41, 5.74) is 1.55. The number of hydrogen-bond acceptors (Lipinski definition) is 6. The first-order valence-corrected chi connectivity index (χ1v) is 9.86. The molecule has 0 fully saturated rings. The molecule has 1 heterocycles. The highest BCUT2D eigenvalue weighted by Crippen LogP contribution is 2.18. The number of nitrogens with zero attached hydrogens (tertiary/aromatic N) is 1. The van der Waals surface area contributed by atoms with Gasteiger partial charge in [-0.05, 0) is 50.2 Å². The predicted octanol–water partition coefficient (Wildman–Crippen LogP) is 3.11. The number of sulfonamides is 1. The van der Waals surface area contributed by atoms with E-state index in [0.29, 0.717) is 17.2 Å². The molecule has 2 aromatic carbocycles. The van der Waals surface area contributed by atoms with Gasteiger partial charge in [-0.2, -0.15) is 0 Å². The monoisotopic (exact) mass is 401 g/mol. The van der Waals surface area contributed by atoms with Crippen LogP contribution in [-0.4, -0.2) is 26.1 Å². The fourth-order valence-electron chi connectivity index (χ4n) is 2.31. The second-order valence-corrected chi connectivity index (χ2v) is 7.78. The van der Waals surface area contributed by atoms with E-state index in [2.05, 4.69) is 15.2 Å². The van der Waals surface area contributed by atoms with Gasteiger partial charge in [0.15, 0.2) is 12.4 Å². The third-order valence-corrected chi connectivity index (χ3v) is 5.08. The molecule has 0 saturated carbocycles. The molecule has 3 aromatic rings. The summed E-state index contributed by atoms with van der Waals surface area (Å²) in [5, 5.41) is 6.25. The highest BCUT2D eigenvalue weighted by Gasteiger charge is 2.16. The maximum Gasteiger partial charge on any atom is 0.263 e. The van der Waals surface area contributed by atoms with Crippen LogP contribution >= 0.6 is 0 Å². The van der Waals surface area contributed by atoms with Crippen molar-refractivity contribution >= 4 is 27.4 Å². The molecule has 0 radical (unpaired) electrons. The third-order valence-electron chi connectivity index (χ3n) is 3.71. The molecule has 0 aliphatic heterocycles. The van der Waals surface area contributed by atoms with Crippen LogP contribution < -0.4 is 14.8 Å². The van der Waals surface area contributed by atoms with E-state index in [1.54, 1.807) is 19.1 Å². The summed E-state index contributed by atoms with van der Waals surface area (Å²) >= 11 is 0. The van der Waals surface area contributed by atoms with Crippen LogP contribution in [0.2, 0.25) is 0 Å². The molecular formula is C19H19N3O5S. The van der Waals surface area contributed by atoms with E-state index in [9.17, 15) is 13.2 Å². The lowest BCUT2D eigenvalue weighted by molar-refractivity contribution is -0.118. The molecule has 146 valence electrons. The number of anilines is 2. The summed E-state index contributed by atoms with van der Waals surface area (Å²) in [6, 6.07) is 14.6. The Hall–Kier alpha value is -3.33. The van der Waals surface area contributed by atoms with E-state index in [1.165, 1.54) is 30.3 Å². The summed E-state index contributed by atoms with van der Waals surface area (Å²) in [7, 11) is -3.80. The van der Waals surface area contributed by atoms with Crippen molar-refractivity contribution in [1.29, 1.82) is 0 Å². The Bertz CT molecular complexity index is 1060. The summed E-state index contributed by atoms with van der Waals surface area (Å²) in [6.07, 6.45) is 0. The average Bonchev–Trinajstić information content (AvgIpc) is 3.06. The van der Waals surface area contributed by atoms with Gasteiger partial charge in [0.1, 0.15) is 11.5 Å². The van der Waals surface area contributed by atoms with E-state index in [0.717, 1.165) is 5.56 Å². The molecule has 1 amide bonds. The fraction of sp³-hybridized carbons (Fsp3) is 0.158. The molecule has 0 aliphatic rings. The minimum Gasteiger partial charge on any atom is -0.484 e. The number of ether oxygens (including phenoxy) is 1. The number of nitrogens with one attached hydrogen (secondary N) is 2. The zero-order valence-corrected chi connectivity index (χ0v) is 16.1. The second-order valence-electron chi connectivity index (χ2n) is 6.10. The molecule has 0 saturated heterocycles. The average molecular weight is 401 g/mol. The van der Waals surface area contributed by atoms with Crippen molar-refractivity contribution in [2.24, 2.45) is 0 Å². The molecule has 3 rings (SSSR count). The topological polar surface area (TPSA) is 111 Å². The number of carbonyl (C=O) groups is 1. The predicted molar refractivity (Wildman–Crippen MR) is 104 cm³/mol. The van der Waals surface area contributed by atoms with Gasteiger partial charge in [-0.1, -0.05) is 22.9 Å². The summed E-state index contributed by atoms with van der Waals surface area (Å²) in [6.45, 7) is 3.46. The van der Waals surface area contributed by atoms with Gasteiger partial charge in [0.25, 0.3) is 15.9 Å². The Morgan fingerprint density at radius 3 is 2.36 bits per heavy atom. The summed E-state index contributed by atoms with van der Waals surface area (Å²) < 4.78 is 37.2. The maximum atomic E-state index is 12.3. The Labute approximate surface area is 162 Å². The first-order valence-electron chi connectivity index (χ1n) is 8.37. The van der Waals surface area contributed by atoms with Gasteiger partial charge < -0.3 is 14.6 Å². The molecule has 8 nitrogen and oxygen atoms in total. The van der Waals surface area contributed by atoms with E-state index in [4.69, 9.17) is 9.26 Å². The van der Waals surface area contributed by atoms with Crippen LogP contribution in [0.5, 0.6) is 5.75 Å². The van der Waals surface area contributed by atoms with Gasteiger partial charge in [0.05, 0.1) is 4.90 Å². The van der Waals surface area contributed by atoms with E-state index >= 15 is 0 Å². The van der Waals surface area contributed by atoms with Crippen molar-refractivity contribution in [3.05, 3.63) is 65.9 Å². The number of benzene rings is 2. The Kier molecular flexibility index (Phi) is 5.65. The highest BCUT2D eigenvalue weighted by molar-refractivity contribution is 7.92.